The highest BCUT2D eigenvalue weighted by Gasteiger charge is 2.30. The Labute approximate surface area is 203 Å². The molecule has 1 fully saturated rings. The van der Waals surface area contributed by atoms with Crippen LogP contribution < -0.4 is 10.5 Å². The lowest BCUT2D eigenvalue weighted by atomic mass is 10.0. The number of piperazine rings is 1. The van der Waals surface area contributed by atoms with Crippen molar-refractivity contribution < 1.29 is 17.2 Å². The predicted octanol–water partition coefficient (Wildman–Crippen LogP) is 2.22. The average Bonchev–Trinajstić information content (AvgIpc) is 2.83. The van der Waals surface area contributed by atoms with Crippen LogP contribution in [0.25, 0.3) is 5.69 Å². The maximum absolute atomic E-state index is 13.8. The van der Waals surface area contributed by atoms with Gasteiger partial charge in [-0.3, -0.25) is 4.79 Å². The van der Waals surface area contributed by atoms with Gasteiger partial charge in [0.05, 0.1) is 17.6 Å². The third-order valence-electron chi connectivity index (χ3n) is 6.02. The quantitative estimate of drug-likeness (QED) is 0.494. The first-order valence-electron chi connectivity index (χ1n) is 11.2. The van der Waals surface area contributed by atoms with Crippen LogP contribution in [0.3, 0.4) is 0 Å². The van der Waals surface area contributed by atoms with Gasteiger partial charge in [-0.1, -0.05) is 30.3 Å². The van der Waals surface area contributed by atoms with Crippen LogP contribution in [-0.2, 0) is 23.1 Å². The van der Waals surface area contributed by atoms with E-state index >= 15 is 0 Å². The molecule has 0 saturated carbocycles. The summed E-state index contributed by atoms with van der Waals surface area (Å²) in [5.41, 5.74) is 1.63. The highest BCUT2D eigenvalue weighted by molar-refractivity contribution is 7.86. The van der Waals surface area contributed by atoms with Gasteiger partial charge in [0.15, 0.2) is 0 Å². The molecule has 2 heterocycles. The molecule has 0 aliphatic carbocycles. The Kier molecular flexibility index (Phi) is 7.29. The van der Waals surface area contributed by atoms with Gasteiger partial charge in [-0.25, -0.2) is 8.78 Å². The molecular formula is C24H27F2N5O3S. The Morgan fingerprint density at radius 2 is 1.57 bits per heavy atom. The topological polar surface area (TPSA) is 78.8 Å². The van der Waals surface area contributed by atoms with Crippen molar-refractivity contribution in [2.24, 2.45) is 0 Å². The first-order chi connectivity index (χ1) is 16.7. The summed E-state index contributed by atoms with van der Waals surface area (Å²) in [6, 6.07) is 12.5. The summed E-state index contributed by atoms with van der Waals surface area (Å²) >= 11 is 0. The SMILES string of the molecule is CN(C)S(=O)(=O)N1CCN(c2cnn(-c3cc(F)cc(F)c3)c(=O)c2CCc2ccccc2)CC1. The molecule has 1 aliphatic rings. The number of nitrogens with zero attached hydrogens (tertiary/aromatic N) is 5. The van der Waals surface area contributed by atoms with Crippen LogP contribution in [-0.4, -0.2) is 67.1 Å². The molecule has 1 aliphatic heterocycles. The molecule has 0 bridgehead atoms. The fourth-order valence-electron chi connectivity index (χ4n) is 4.14. The van der Waals surface area contributed by atoms with E-state index in [1.807, 2.05) is 35.2 Å². The molecular weight excluding hydrogens is 476 g/mol. The molecule has 35 heavy (non-hydrogen) atoms. The minimum Gasteiger partial charge on any atom is -0.367 e. The van der Waals surface area contributed by atoms with E-state index in [0.29, 0.717) is 37.2 Å². The summed E-state index contributed by atoms with van der Waals surface area (Å²) in [5, 5.41) is 4.21. The zero-order valence-corrected chi connectivity index (χ0v) is 20.4. The van der Waals surface area contributed by atoms with E-state index in [4.69, 9.17) is 0 Å². The van der Waals surface area contributed by atoms with E-state index in [1.165, 1.54) is 28.9 Å². The summed E-state index contributed by atoms with van der Waals surface area (Å²) in [4.78, 5) is 15.4. The fraction of sp³-hybridized carbons (Fsp3) is 0.333. The van der Waals surface area contributed by atoms with Crippen molar-refractivity contribution in [1.29, 1.82) is 0 Å². The number of hydrogen-bond donors (Lipinski definition) is 0. The maximum atomic E-state index is 13.8. The van der Waals surface area contributed by atoms with Crippen LogP contribution in [0, 0.1) is 11.6 Å². The van der Waals surface area contributed by atoms with Crippen LogP contribution in [0.4, 0.5) is 14.5 Å². The number of benzene rings is 2. The minimum atomic E-state index is -3.53. The number of hydrogen-bond acceptors (Lipinski definition) is 5. The zero-order chi connectivity index (χ0) is 25.2. The Hall–Kier alpha value is -3.15. The Morgan fingerprint density at radius 3 is 2.17 bits per heavy atom. The summed E-state index contributed by atoms with van der Waals surface area (Å²) in [7, 11) is -0.557. The Bertz CT molecular complexity index is 1340. The van der Waals surface area contributed by atoms with Crippen molar-refractivity contribution in [3.8, 4) is 5.69 Å². The smallest absolute Gasteiger partial charge is 0.281 e. The summed E-state index contributed by atoms with van der Waals surface area (Å²) < 4.78 is 56.2. The van der Waals surface area contributed by atoms with Crippen LogP contribution in [0.5, 0.6) is 0 Å². The van der Waals surface area contributed by atoms with Crippen molar-refractivity contribution in [3.63, 3.8) is 0 Å². The minimum absolute atomic E-state index is 0.00177. The second-order valence-electron chi connectivity index (χ2n) is 8.51. The first kappa shape index (κ1) is 25.0. The highest BCUT2D eigenvalue weighted by atomic mass is 32.2. The van der Waals surface area contributed by atoms with Crippen molar-refractivity contribution in [1.82, 2.24) is 18.4 Å². The van der Waals surface area contributed by atoms with Crippen LogP contribution in [0.1, 0.15) is 11.1 Å². The van der Waals surface area contributed by atoms with E-state index < -0.39 is 27.4 Å². The molecule has 3 aromatic rings. The third kappa shape index (κ3) is 5.42. The number of halogens is 2. The molecule has 0 spiro atoms. The second-order valence-corrected chi connectivity index (χ2v) is 10.7. The molecule has 0 atom stereocenters. The van der Waals surface area contributed by atoms with Crippen molar-refractivity contribution in [2.45, 2.75) is 12.8 Å². The van der Waals surface area contributed by atoms with Crippen molar-refractivity contribution in [2.75, 3.05) is 45.2 Å². The van der Waals surface area contributed by atoms with Crippen LogP contribution >= 0.6 is 0 Å². The summed E-state index contributed by atoms with van der Waals surface area (Å²) in [5.74, 6) is -1.61. The number of aromatic nitrogens is 2. The number of anilines is 1. The van der Waals surface area contributed by atoms with E-state index in [1.54, 1.807) is 0 Å². The summed E-state index contributed by atoms with van der Waals surface area (Å²) in [6.07, 6.45) is 2.48. The molecule has 1 saturated heterocycles. The predicted molar refractivity (Wildman–Crippen MR) is 130 cm³/mol. The van der Waals surface area contributed by atoms with Crippen LogP contribution in [0.2, 0.25) is 0 Å². The molecule has 0 amide bonds. The largest absolute Gasteiger partial charge is 0.367 e. The van der Waals surface area contributed by atoms with Crippen molar-refractivity contribution >= 4 is 15.9 Å². The zero-order valence-electron chi connectivity index (χ0n) is 19.6. The third-order valence-corrected chi connectivity index (χ3v) is 7.96. The van der Waals surface area contributed by atoms with Crippen LogP contribution in [0.15, 0.2) is 59.5 Å². The standard InChI is InChI=1S/C24H27F2N5O3S/c1-28(2)35(33,34)30-12-10-29(11-13-30)23-17-27-31(21-15-19(25)14-20(26)16-21)24(32)22(23)9-8-18-6-4-3-5-7-18/h3-7,14-17H,8-13H2,1-2H3. The van der Waals surface area contributed by atoms with Gasteiger partial charge < -0.3 is 4.90 Å². The molecule has 1 aromatic heterocycles. The van der Waals surface area contributed by atoms with Gasteiger partial charge in [0.2, 0.25) is 0 Å². The molecule has 4 rings (SSSR count). The Morgan fingerprint density at radius 1 is 0.943 bits per heavy atom. The lowest BCUT2D eigenvalue weighted by molar-refractivity contribution is 0.355. The summed E-state index contributed by atoms with van der Waals surface area (Å²) in [6.45, 7) is 1.28. The van der Waals surface area contributed by atoms with E-state index in [-0.39, 0.29) is 18.8 Å². The lowest BCUT2D eigenvalue weighted by Crippen LogP contribution is -2.52. The van der Waals surface area contributed by atoms with Gasteiger partial charge in [-0.2, -0.15) is 26.8 Å². The van der Waals surface area contributed by atoms with Gasteiger partial charge in [-0.15, -0.1) is 0 Å². The monoisotopic (exact) mass is 503 g/mol. The van der Waals surface area contributed by atoms with E-state index in [2.05, 4.69) is 5.10 Å². The molecule has 0 radical (unpaired) electrons. The molecule has 11 heteroatoms. The molecule has 186 valence electrons. The van der Waals surface area contributed by atoms with Gasteiger partial charge in [0, 0.05) is 51.9 Å². The van der Waals surface area contributed by atoms with Gasteiger partial charge >= 0.3 is 0 Å². The normalized spacial score (nSPS) is 15.1. The average molecular weight is 504 g/mol. The van der Waals surface area contributed by atoms with Gasteiger partial charge in [0.1, 0.15) is 11.6 Å². The molecule has 0 N–H and O–H groups in total. The molecule has 2 aromatic carbocycles. The number of rotatable bonds is 7. The second kappa shape index (κ2) is 10.2. The lowest BCUT2D eigenvalue weighted by Gasteiger charge is -2.37. The van der Waals surface area contributed by atoms with Gasteiger partial charge in [-0.05, 0) is 30.5 Å². The van der Waals surface area contributed by atoms with Crippen molar-refractivity contribution in [3.05, 3.63) is 87.8 Å². The van der Waals surface area contributed by atoms with E-state index in [0.717, 1.165) is 28.4 Å². The highest BCUT2D eigenvalue weighted by Crippen LogP contribution is 2.22. The first-order valence-corrected chi connectivity index (χ1v) is 12.6. The van der Waals surface area contributed by atoms with E-state index in [9.17, 15) is 22.0 Å². The molecule has 8 nitrogen and oxygen atoms in total. The fourth-order valence-corrected chi connectivity index (χ4v) is 5.22. The maximum Gasteiger partial charge on any atom is 0.281 e. The van der Waals surface area contributed by atoms with Gasteiger partial charge in [0.25, 0.3) is 15.8 Å². The molecule has 0 unspecified atom stereocenters. The Balaban J connectivity index is 1.68. The number of aryl methyl sites for hydroxylation is 1.